The predicted molar refractivity (Wildman–Crippen MR) is 116 cm³/mol. The highest BCUT2D eigenvalue weighted by molar-refractivity contribution is 5.95. The van der Waals surface area contributed by atoms with Crippen molar-refractivity contribution in [3.8, 4) is 28.6 Å². The maximum atomic E-state index is 13.1. The van der Waals surface area contributed by atoms with Gasteiger partial charge in [0.15, 0.2) is 11.5 Å². The average Bonchev–Trinajstić information content (AvgIpc) is 3.29. The molecule has 4 rings (SSSR count). The van der Waals surface area contributed by atoms with Gasteiger partial charge in [-0.25, -0.2) is 4.98 Å². The fourth-order valence-corrected chi connectivity index (χ4v) is 3.65. The lowest BCUT2D eigenvalue weighted by Gasteiger charge is -2.35. The van der Waals surface area contributed by atoms with Gasteiger partial charge in [0.1, 0.15) is 5.82 Å². The van der Waals surface area contributed by atoms with Crippen LogP contribution in [0.25, 0.3) is 11.4 Å². The average molecular weight is 439 g/mol. The van der Waals surface area contributed by atoms with Crippen molar-refractivity contribution in [1.29, 1.82) is 0 Å². The highest BCUT2D eigenvalue weighted by Gasteiger charge is 2.25. The van der Waals surface area contributed by atoms with Crippen LogP contribution in [-0.4, -0.2) is 73.4 Å². The number of methoxy groups -OCH3 is 3. The molecule has 0 aliphatic carbocycles. The molecule has 1 amide bonds. The van der Waals surface area contributed by atoms with Crippen molar-refractivity contribution in [3.05, 3.63) is 41.9 Å². The van der Waals surface area contributed by atoms with Gasteiger partial charge in [0.05, 0.1) is 21.3 Å². The number of ether oxygens (including phenoxy) is 3. The number of hydrogen-bond acceptors (Lipinski definition) is 9. The summed E-state index contributed by atoms with van der Waals surface area (Å²) in [5.74, 6) is 3.15. The van der Waals surface area contributed by atoms with E-state index >= 15 is 0 Å². The first-order chi connectivity index (χ1) is 15.5. The molecular formula is C22H25N5O5. The lowest BCUT2D eigenvalue weighted by molar-refractivity contribution is 0.0745. The third kappa shape index (κ3) is 4.16. The molecule has 10 nitrogen and oxygen atoms in total. The van der Waals surface area contributed by atoms with E-state index in [4.69, 9.17) is 18.7 Å². The molecule has 1 aliphatic heterocycles. The molecule has 3 heterocycles. The minimum Gasteiger partial charge on any atom is -0.493 e. The van der Waals surface area contributed by atoms with Gasteiger partial charge in [0.25, 0.3) is 5.91 Å². The summed E-state index contributed by atoms with van der Waals surface area (Å²) in [4.78, 5) is 25.8. The molecule has 0 saturated carbocycles. The van der Waals surface area contributed by atoms with Gasteiger partial charge in [-0.3, -0.25) is 4.79 Å². The van der Waals surface area contributed by atoms with Crippen molar-refractivity contribution >= 4 is 11.7 Å². The summed E-state index contributed by atoms with van der Waals surface area (Å²) in [5, 5.41) is 3.91. The summed E-state index contributed by atoms with van der Waals surface area (Å²) in [6.45, 7) is 4.23. The lowest BCUT2D eigenvalue weighted by atomic mass is 10.1. The fourth-order valence-electron chi connectivity index (χ4n) is 3.65. The molecular weight excluding hydrogens is 414 g/mol. The van der Waals surface area contributed by atoms with Gasteiger partial charge in [0, 0.05) is 50.4 Å². The van der Waals surface area contributed by atoms with E-state index in [2.05, 4.69) is 20.0 Å². The van der Waals surface area contributed by atoms with Crippen LogP contribution in [0, 0.1) is 6.92 Å². The first kappa shape index (κ1) is 21.4. The van der Waals surface area contributed by atoms with Crippen LogP contribution in [-0.2, 0) is 0 Å². The summed E-state index contributed by atoms with van der Waals surface area (Å²) in [6.07, 6.45) is 1.73. The number of rotatable bonds is 6. The summed E-state index contributed by atoms with van der Waals surface area (Å²) in [7, 11) is 4.59. The lowest BCUT2D eigenvalue weighted by Crippen LogP contribution is -2.49. The summed E-state index contributed by atoms with van der Waals surface area (Å²) >= 11 is 0. The monoisotopic (exact) mass is 439 g/mol. The molecule has 0 unspecified atom stereocenters. The smallest absolute Gasteiger partial charge is 0.254 e. The minimum atomic E-state index is -0.0836. The number of piperazine rings is 1. The normalized spacial score (nSPS) is 13.8. The molecule has 2 aromatic heterocycles. The van der Waals surface area contributed by atoms with E-state index in [1.54, 1.807) is 25.3 Å². The van der Waals surface area contributed by atoms with Crippen molar-refractivity contribution < 1.29 is 23.5 Å². The summed E-state index contributed by atoms with van der Waals surface area (Å²) < 4.78 is 21.1. The van der Waals surface area contributed by atoms with Crippen LogP contribution < -0.4 is 19.1 Å². The third-order valence-electron chi connectivity index (χ3n) is 5.34. The van der Waals surface area contributed by atoms with Gasteiger partial charge in [-0.2, -0.15) is 4.98 Å². The minimum absolute atomic E-state index is 0.0836. The van der Waals surface area contributed by atoms with E-state index in [0.717, 1.165) is 11.4 Å². The number of hydrogen-bond donors (Lipinski definition) is 0. The summed E-state index contributed by atoms with van der Waals surface area (Å²) in [5.41, 5.74) is 1.28. The molecule has 10 heteroatoms. The number of aromatic nitrogens is 3. The zero-order chi connectivity index (χ0) is 22.7. The Bertz CT molecular complexity index is 1070. The van der Waals surface area contributed by atoms with Gasteiger partial charge in [-0.1, -0.05) is 5.16 Å². The van der Waals surface area contributed by atoms with Crippen molar-refractivity contribution in [2.75, 3.05) is 52.4 Å². The molecule has 32 heavy (non-hydrogen) atoms. The first-order valence-corrected chi connectivity index (χ1v) is 10.1. The zero-order valence-electron chi connectivity index (χ0n) is 18.5. The van der Waals surface area contributed by atoms with E-state index in [1.807, 2.05) is 17.0 Å². The van der Waals surface area contributed by atoms with Crippen molar-refractivity contribution in [2.24, 2.45) is 0 Å². The largest absolute Gasteiger partial charge is 0.493 e. The van der Waals surface area contributed by atoms with Crippen LogP contribution in [0.3, 0.4) is 0 Å². The third-order valence-corrected chi connectivity index (χ3v) is 5.34. The Kier molecular flexibility index (Phi) is 6.11. The van der Waals surface area contributed by atoms with Crippen LogP contribution in [0.4, 0.5) is 5.82 Å². The Hall–Kier alpha value is -3.82. The number of carbonyl (C=O) groups is 1. The Morgan fingerprint density at radius 1 is 1.00 bits per heavy atom. The molecule has 1 fully saturated rings. The van der Waals surface area contributed by atoms with E-state index < -0.39 is 0 Å². The van der Waals surface area contributed by atoms with Crippen LogP contribution in [0.2, 0.25) is 0 Å². The van der Waals surface area contributed by atoms with Crippen LogP contribution >= 0.6 is 0 Å². The van der Waals surface area contributed by atoms with E-state index in [9.17, 15) is 4.79 Å². The van der Waals surface area contributed by atoms with Gasteiger partial charge in [-0.05, 0) is 24.3 Å². The first-order valence-electron chi connectivity index (χ1n) is 10.1. The molecule has 0 N–H and O–H groups in total. The number of aryl methyl sites for hydroxylation is 1. The molecule has 0 atom stereocenters. The molecule has 168 valence electrons. The van der Waals surface area contributed by atoms with Crippen LogP contribution in [0.15, 0.2) is 35.0 Å². The second-order valence-electron chi connectivity index (χ2n) is 7.24. The second kappa shape index (κ2) is 9.13. The highest BCUT2D eigenvalue weighted by Crippen LogP contribution is 2.38. The topological polar surface area (TPSA) is 103 Å². The number of nitrogens with zero attached hydrogens (tertiary/aromatic N) is 5. The van der Waals surface area contributed by atoms with E-state index in [0.29, 0.717) is 60.7 Å². The zero-order valence-corrected chi connectivity index (χ0v) is 18.5. The SMILES string of the molecule is COc1cc(C(=O)N2CCN(c3ccc(-c4noc(C)n4)cn3)CC2)cc(OC)c1OC. The Morgan fingerprint density at radius 3 is 2.19 bits per heavy atom. The number of amides is 1. The van der Waals surface area contributed by atoms with Gasteiger partial charge < -0.3 is 28.5 Å². The predicted octanol–water partition coefficient (Wildman–Crippen LogP) is 2.43. The second-order valence-corrected chi connectivity index (χ2v) is 7.24. The van der Waals surface area contributed by atoms with Gasteiger partial charge >= 0.3 is 0 Å². The van der Waals surface area contributed by atoms with Gasteiger partial charge in [-0.15, -0.1) is 0 Å². The standard InChI is InChI=1S/C22H25N5O5/c1-14-24-21(25-32-14)15-5-6-19(23-13-15)26-7-9-27(10-8-26)22(28)16-11-17(29-2)20(31-4)18(12-16)30-3/h5-6,11-13H,7-10H2,1-4H3. The van der Waals surface area contributed by atoms with Crippen molar-refractivity contribution in [1.82, 2.24) is 20.0 Å². The fraction of sp³-hybridized carbons (Fsp3) is 0.364. The van der Waals surface area contributed by atoms with Crippen molar-refractivity contribution in [3.63, 3.8) is 0 Å². The maximum absolute atomic E-state index is 13.1. The molecule has 3 aromatic rings. The molecule has 1 aromatic carbocycles. The Labute approximate surface area is 185 Å². The highest BCUT2D eigenvalue weighted by atomic mass is 16.5. The Morgan fingerprint density at radius 2 is 1.69 bits per heavy atom. The van der Waals surface area contributed by atoms with E-state index in [-0.39, 0.29) is 5.91 Å². The molecule has 1 aliphatic rings. The maximum Gasteiger partial charge on any atom is 0.254 e. The molecule has 0 radical (unpaired) electrons. The quantitative estimate of drug-likeness (QED) is 0.573. The van der Waals surface area contributed by atoms with Crippen LogP contribution in [0.5, 0.6) is 17.2 Å². The molecule has 0 bridgehead atoms. The summed E-state index contributed by atoms with van der Waals surface area (Å²) in [6, 6.07) is 7.20. The number of pyridine rings is 1. The molecule has 0 spiro atoms. The van der Waals surface area contributed by atoms with E-state index in [1.165, 1.54) is 21.3 Å². The number of anilines is 1. The van der Waals surface area contributed by atoms with Crippen molar-refractivity contribution in [2.45, 2.75) is 6.92 Å². The van der Waals surface area contributed by atoms with Crippen LogP contribution in [0.1, 0.15) is 16.2 Å². The Balaban J connectivity index is 1.43. The number of carbonyl (C=O) groups excluding carboxylic acids is 1. The van der Waals surface area contributed by atoms with Gasteiger partial charge in [0.2, 0.25) is 17.5 Å². The molecule has 1 saturated heterocycles. The number of benzene rings is 1.